The Hall–Kier alpha value is -1.23. The number of hydrogen-bond donors (Lipinski definition) is 0. The van der Waals surface area contributed by atoms with E-state index in [0.717, 1.165) is 10.0 Å². The maximum atomic E-state index is 11.4. The fourth-order valence-electron chi connectivity index (χ4n) is 1.05. The molecule has 106 valence electrons. The lowest BCUT2D eigenvalue weighted by molar-refractivity contribution is -0.155. The van der Waals surface area contributed by atoms with E-state index in [0.29, 0.717) is 0 Å². The Labute approximate surface area is 121 Å². The lowest BCUT2D eigenvalue weighted by Gasteiger charge is -2.17. The first-order valence-electron chi connectivity index (χ1n) is 5.70. The van der Waals surface area contributed by atoms with Gasteiger partial charge in [-0.15, -0.1) is 0 Å². The van der Waals surface area contributed by atoms with Crippen molar-refractivity contribution in [2.45, 2.75) is 33.3 Å². The van der Waals surface area contributed by atoms with E-state index < -0.39 is 18.2 Å². The van der Waals surface area contributed by atoms with Crippen molar-refractivity contribution in [3.63, 3.8) is 0 Å². The third-order valence-corrected chi connectivity index (χ3v) is 2.31. The number of ether oxygens (including phenoxy) is 1. The van der Waals surface area contributed by atoms with Crippen LogP contribution in [0.4, 0.5) is 4.39 Å². The third kappa shape index (κ3) is 9.36. The van der Waals surface area contributed by atoms with Crippen LogP contribution in [0.3, 0.4) is 0 Å². The number of carbonyl (C=O) groups is 2. The Bertz CT molecular complexity index is 421. The first kappa shape index (κ1) is 17.8. The monoisotopic (exact) mass is 332 g/mol. The summed E-state index contributed by atoms with van der Waals surface area (Å²) in [6, 6.07) is 7.31. The molecule has 0 fully saturated rings. The van der Waals surface area contributed by atoms with Crippen LogP contribution in [0, 0.1) is 0 Å². The lowest BCUT2D eigenvalue weighted by atomic mass is 10.2. The predicted molar refractivity (Wildman–Crippen MR) is 76.0 cm³/mol. The summed E-state index contributed by atoms with van der Waals surface area (Å²) in [6.07, 6.45) is 0. The smallest absolute Gasteiger partial charge is 0.338 e. The van der Waals surface area contributed by atoms with Crippen LogP contribution in [-0.2, 0) is 9.53 Å². The van der Waals surface area contributed by atoms with Gasteiger partial charge < -0.3 is 4.74 Å². The van der Waals surface area contributed by atoms with Crippen LogP contribution >= 0.6 is 15.9 Å². The molecule has 0 N–H and O–H groups in total. The van der Waals surface area contributed by atoms with Crippen LogP contribution in [0.15, 0.2) is 28.7 Å². The van der Waals surface area contributed by atoms with Crippen molar-refractivity contribution in [1.29, 1.82) is 0 Å². The molecule has 0 spiro atoms. The van der Waals surface area contributed by atoms with Crippen molar-refractivity contribution in [1.82, 2.24) is 0 Å². The molecule has 1 aromatic carbocycles. The van der Waals surface area contributed by atoms with Gasteiger partial charge in [-0.05, 0) is 39.8 Å². The van der Waals surface area contributed by atoms with Gasteiger partial charge >= 0.3 is 5.97 Å². The van der Waals surface area contributed by atoms with Gasteiger partial charge in [-0.2, -0.15) is 0 Å². The van der Waals surface area contributed by atoms with Crippen LogP contribution in [0.25, 0.3) is 0 Å². The van der Waals surface area contributed by atoms with Crippen molar-refractivity contribution in [2.24, 2.45) is 0 Å². The highest BCUT2D eigenvalue weighted by molar-refractivity contribution is 9.10. The summed E-state index contributed by atoms with van der Waals surface area (Å²) in [7, 11) is 0. The number of halogens is 2. The van der Waals surface area contributed by atoms with E-state index in [4.69, 9.17) is 0 Å². The molecule has 0 radical (unpaired) electrons. The number of alkyl halides is 1. The molecule has 1 aromatic rings. The summed E-state index contributed by atoms with van der Waals surface area (Å²) in [5.41, 5.74) is 0.187. The molecule has 0 bridgehead atoms. The number of carbonyl (C=O) groups excluding carboxylic acids is 2. The van der Waals surface area contributed by atoms with E-state index in [1.54, 1.807) is 39.8 Å². The van der Waals surface area contributed by atoms with Crippen LogP contribution in [0.2, 0.25) is 0 Å². The Morgan fingerprint density at radius 2 is 1.68 bits per heavy atom. The highest BCUT2D eigenvalue weighted by Crippen LogP contribution is 2.10. The molecule has 1 rings (SSSR count). The summed E-state index contributed by atoms with van der Waals surface area (Å²) in [4.78, 5) is 21.0. The summed E-state index contributed by atoms with van der Waals surface area (Å²) in [6.45, 7) is 5.60. The fraction of sp³-hybridized carbons (Fsp3) is 0.429. The van der Waals surface area contributed by atoms with Gasteiger partial charge in [-0.3, -0.25) is 4.79 Å². The molecule has 0 aliphatic carbocycles. The molecular formula is C14H18BrFO3. The SMILES string of the molecule is CC(=O)c1ccc(Br)cc1.CC(C)(C)OC(=O)CF. The average molecular weight is 333 g/mol. The predicted octanol–water partition coefficient (Wildman–Crippen LogP) is 3.95. The Balaban J connectivity index is 0.000000344. The molecule has 19 heavy (non-hydrogen) atoms. The quantitative estimate of drug-likeness (QED) is 0.608. The molecule has 0 unspecified atom stereocenters. The Kier molecular flexibility index (Phi) is 7.52. The number of benzene rings is 1. The molecule has 0 heterocycles. The zero-order valence-corrected chi connectivity index (χ0v) is 13.1. The van der Waals surface area contributed by atoms with Crippen molar-refractivity contribution < 1.29 is 18.7 Å². The number of rotatable bonds is 2. The number of Topliss-reactive ketones (excluding diaryl/α,β-unsaturated/α-hetero) is 1. The van der Waals surface area contributed by atoms with Gasteiger partial charge in [0.1, 0.15) is 5.60 Å². The van der Waals surface area contributed by atoms with Crippen molar-refractivity contribution in [2.75, 3.05) is 6.67 Å². The minimum Gasteiger partial charge on any atom is -0.458 e. The van der Waals surface area contributed by atoms with Crippen LogP contribution in [0.1, 0.15) is 38.1 Å². The van der Waals surface area contributed by atoms with E-state index in [1.807, 2.05) is 12.1 Å². The minimum atomic E-state index is -1.04. The number of hydrogen-bond acceptors (Lipinski definition) is 3. The fourth-order valence-corrected chi connectivity index (χ4v) is 1.32. The van der Waals surface area contributed by atoms with Crippen molar-refractivity contribution in [3.8, 4) is 0 Å². The second-order valence-electron chi connectivity index (χ2n) is 4.78. The van der Waals surface area contributed by atoms with Crippen LogP contribution in [0.5, 0.6) is 0 Å². The van der Waals surface area contributed by atoms with Gasteiger partial charge in [-0.25, -0.2) is 9.18 Å². The van der Waals surface area contributed by atoms with Crippen LogP contribution in [-0.4, -0.2) is 24.0 Å². The molecule has 0 saturated heterocycles. The molecular weight excluding hydrogens is 315 g/mol. The number of ketones is 1. The van der Waals surface area contributed by atoms with Gasteiger partial charge in [-0.1, -0.05) is 28.1 Å². The largest absolute Gasteiger partial charge is 0.458 e. The molecule has 0 aliphatic heterocycles. The Morgan fingerprint density at radius 1 is 1.21 bits per heavy atom. The van der Waals surface area contributed by atoms with Gasteiger partial charge in [0.05, 0.1) is 0 Å². The van der Waals surface area contributed by atoms with E-state index in [2.05, 4.69) is 20.7 Å². The number of esters is 1. The first-order valence-corrected chi connectivity index (χ1v) is 6.49. The third-order valence-electron chi connectivity index (χ3n) is 1.78. The first-order chi connectivity index (χ1) is 8.65. The van der Waals surface area contributed by atoms with Crippen molar-refractivity contribution in [3.05, 3.63) is 34.3 Å². The van der Waals surface area contributed by atoms with Gasteiger partial charge in [0.25, 0.3) is 0 Å². The summed E-state index contributed by atoms with van der Waals surface area (Å²) in [5.74, 6) is -0.699. The van der Waals surface area contributed by atoms with Gasteiger partial charge in [0.2, 0.25) is 0 Å². The summed E-state index contributed by atoms with van der Waals surface area (Å²) < 4.78 is 17.0. The maximum absolute atomic E-state index is 11.4. The average Bonchev–Trinajstić information content (AvgIpc) is 2.28. The molecule has 0 aliphatic rings. The minimum absolute atomic E-state index is 0.104. The molecule has 0 aromatic heterocycles. The molecule has 0 atom stereocenters. The second kappa shape index (κ2) is 8.04. The highest BCUT2D eigenvalue weighted by Gasteiger charge is 2.14. The standard InChI is InChI=1S/C8H7BrO.C6H11FO2/c1-6(10)7-2-4-8(9)5-3-7;1-6(2,3)9-5(8)4-7/h2-5H,1H3;4H2,1-3H3. The topological polar surface area (TPSA) is 43.4 Å². The Morgan fingerprint density at radius 3 is 1.95 bits per heavy atom. The van der Waals surface area contributed by atoms with E-state index in [-0.39, 0.29) is 5.78 Å². The van der Waals surface area contributed by atoms with Crippen LogP contribution < -0.4 is 0 Å². The molecule has 3 nitrogen and oxygen atoms in total. The molecule has 0 saturated carbocycles. The van der Waals surface area contributed by atoms with E-state index in [1.165, 1.54) is 0 Å². The zero-order chi connectivity index (χ0) is 15.1. The van der Waals surface area contributed by atoms with Gasteiger partial charge in [0.15, 0.2) is 12.5 Å². The maximum Gasteiger partial charge on any atom is 0.338 e. The molecule has 0 amide bonds. The molecule has 5 heteroatoms. The van der Waals surface area contributed by atoms with Crippen molar-refractivity contribution >= 4 is 27.7 Å². The van der Waals surface area contributed by atoms with E-state index in [9.17, 15) is 14.0 Å². The summed E-state index contributed by atoms with van der Waals surface area (Å²) in [5, 5.41) is 0. The lowest BCUT2D eigenvalue weighted by Crippen LogP contribution is -2.24. The van der Waals surface area contributed by atoms with Gasteiger partial charge in [0, 0.05) is 10.0 Å². The highest BCUT2D eigenvalue weighted by atomic mass is 79.9. The van der Waals surface area contributed by atoms with E-state index >= 15 is 0 Å². The second-order valence-corrected chi connectivity index (χ2v) is 5.70. The normalized spacial score (nSPS) is 10.2. The summed E-state index contributed by atoms with van der Waals surface area (Å²) >= 11 is 3.28. The zero-order valence-electron chi connectivity index (χ0n) is 11.5.